The highest BCUT2D eigenvalue weighted by Crippen LogP contribution is 2.27. The third kappa shape index (κ3) is 2.31. The van der Waals surface area contributed by atoms with Crippen molar-refractivity contribution in [2.45, 2.75) is 20.0 Å². The molecule has 110 valence electrons. The van der Waals surface area contributed by atoms with Crippen LogP contribution in [0.2, 0.25) is 0 Å². The molecule has 0 aliphatic carbocycles. The number of rotatable bonds is 2. The molecule has 1 aliphatic heterocycles. The van der Waals surface area contributed by atoms with Crippen LogP contribution in [0.5, 0.6) is 0 Å². The summed E-state index contributed by atoms with van der Waals surface area (Å²) in [5.41, 5.74) is 7.74. The van der Waals surface area contributed by atoms with Crippen LogP contribution in [0.4, 0.5) is 4.39 Å². The molecule has 0 saturated heterocycles. The maximum atomic E-state index is 13.8. The number of carbonyl (C=O) groups excluding carboxylic acids is 1. The number of halogens is 1. The van der Waals surface area contributed by atoms with Crippen LogP contribution in [0.15, 0.2) is 18.2 Å². The molecule has 6 heteroatoms. The van der Waals surface area contributed by atoms with Gasteiger partial charge in [-0.05, 0) is 25.6 Å². The van der Waals surface area contributed by atoms with Crippen molar-refractivity contribution < 1.29 is 9.18 Å². The van der Waals surface area contributed by atoms with Gasteiger partial charge in [0, 0.05) is 25.2 Å². The molecule has 0 saturated carbocycles. The largest absolute Gasteiger partial charge is 0.364 e. The Balaban J connectivity index is 2.17. The van der Waals surface area contributed by atoms with E-state index in [-0.39, 0.29) is 11.5 Å². The van der Waals surface area contributed by atoms with Crippen molar-refractivity contribution in [1.82, 2.24) is 14.5 Å². The van der Waals surface area contributed by atoms with Crippen LogP contribution in [-0.2, 0) is 13.1 Å². The van der Waals surface area contributed by atoms with Gasteiger partial charge in [-0.15, -0.1) is 0 Å². The predicted molar refractivity (Wildman–Crippen MR) is 77.2 cm³/mol. The number of nitrogens with two attached hydrogens (primary N) is 1. The van der Waals surface area contributed by atoms with Gasteiger partial charge in [-0.1, -0.05) is 12.1 Å². The highest BCUT2D eigenvalue weighted by Gasteiger charge is 2.25. The number of aromatic nitrogens is 2. The molecule has 0 spiro atoms. The van der Waals surface area contributed by atoms with Crippen molar-refractivity contribution >= 4 is 5.91 Å². The van der Waals surface area contributed by atoms with Crippen molar-refractivity contribution in [2.24, 2.45) is 5.73 Å². The average molecular weight is 288 g/mol. The van der Waals surface area contributed by atoms with Crippen LogP contribution in [0.1, 0.15) is 21.7 Å². The topological polar surface area (TPSA) is 64.1 Å². The first kappa shape index (κ1) is 13.8. The SMILES string of the molecule is Cc1ccc(-c2nc(C(N)=O)c3n2CCN(C)C3)cc1F. The number of primary amides is 1. The monoisotopic (exact) mass is 288 g/mol. The van der Waals surface area contributed by atoms with Gasteiger partial charge >= 0.3 is 0 Å². The van der Waals surface area contributed by atoms with E-state index in [1.807, 2.05) is 17.7 Å². The summed E-state index contributed by atoms with van der Waals surface area (Å²) in [6, 6.07) is 4.98. The first-order valence-electron chi connectivity index (χ1n) is 6.81. The summed E-state index contributed by atoms with van der Waals surface area (Å²) in [4.78, 5) is 18.1. The standard InChI is InChI=1S/C15H17FN4O/c1-9-3-4-10(7-11(9)16)15-18-13(14(17)21)12-8-19(2)5-6-20(12)15/h3-4,7H,5-6,8H2,1-2H3,(H2,17,21). The Hall–Kier alpha value is -2.21. The molecule has 0 bridgehead atoms. The third-order valence-corrected chi connectivity index (χ3v) is 3.86. The summed E-state index contributed by atoms with van der Waals surface area (Å²) in [5, 5.41) is 0. The van der Waals surface area contributed by atoms with Gasteiger partial charge in [0.1, 0.15) is 11.6 Å². The lowest BCUT2D eigenvalue weighted by molar-refractivity contribution is 0.0993. The van der Waals surface area contributed by atoms with Crippen LogP contribution in [0.3, 0.4) is 0 Å². The van der Waals surface area contributed by atoms with Gasteiger partial charge in [0.05, 0.1) is 5.69 Å². The zero-order valence-corrected chi connectivity index (χ0v) is 12.1. The first-order chi connectivity index (χ1) is 9.97. The van der Waals surface area contributed by atoms with E-state index in [0.717, 1.165) is 12.2 Å². The number of hydrogen-bond donors (Lipinski definition) is 1. The summed E-state index contributed by atoms with van der Waals surface area (Å²) < 4.78 is 15.7. The van der Waals surface area contributed by atoms with E-state index in [2.05, 4.69) is 9.88 Å². The maximum absolute atomic E-state index is 13.8. The zero-order valence-electron chi connectivity index (χ0n) is 12.1. The average Bonchev–Trinajstić information content (AvgIpc) is 2.80. The number of carbonyl (C=O) groups is 1. The Bertz CT molecular complexity index is 723. The molecule has 2 N–H and O–H groups in total. The molecule has 1 amide bonds. The van der Waals surface area contributed by atoms with E-state index in [9.17, 15) is 9.18 Å². The van der Waals surface area contributed by atoms with Crippen molar-refractivity contribution in [1.29, 1.82) is 0 Å². The molecule has 21 heavy (non-hydrogen) atoms. The van der Waals surface area contributed by atoms with E-state index in [0.29, 0.717) is 30.0 Å². The highest BCUT2D eigenvalue weighted by atomic mass is 19.1. The van der Waals surface area contributed by atoms with Crippen LogP contribution in [0, 0.1) is 12.7 Å². The summed E-state index contributed by atoms with van der Waals surface area (Å²) in [6.07, 6.45) is 0. The Morgan fingerprint density at radius 2 is 2.14 bits per heavy atom. The van der Waals surface area contributed by atoms with E-state index < -0.39 is 5.91 Å². The number of aryl methyl sites for hydroxylation is 1. The normalized spacial score (nSPS) is 15.0. The minimum absolute atomic E-state index is 0.275. The summed E-state index contributed by atoms with van der Waals surface area (Å²) in [7, 11) is 1.98. The molecule has 0 radical (unpaired) electrons. The van der Waals surface area contributed by atoms with Gasteiger partial charge in [0.2, 0.25) is 0 Å². The Labute approximate surface area is 122 Å². The van der Waals surface area contributed by atoms with Gasteiger partial charge in [0.25, 0.3) is 5.91 Å². The summed E-state index contributed by atoms with van der Waals surface area (Å²) in [5.74, 6) is -0.225. The number of imidazole rings is 1. The van der Waals surface area contributed by atoms with E-state index in [1.54, 1.807) is 13.0 Å². The lowest BCUT2D eigenvalue weighted by Gasteiger charge is -2.25. The number of fused-ring (bicyclic) bond motifs is 1. The van der Waals surface area contributed by atoms with E-state index in [4.69, 9.17) is 5.73 Å². The molecule has 2 heterocycles. The van der Waals surface area contributed by atoms with Crippen molar-refractivity contribution in [3.05, 3.63) is 41.0 Å². The van der Waals surface area contributed by atoms with Crippen LogP contribution >= 0.6 is 0 Å². The molecule has 0 fully saturated rings. The Kier molecular flexibility index (Phi) is 3.25. The van der Waals surface area contributed by atoms with E-state index >= 15 is 0 Å². The number of nitrogens with zero attached hydrogens (tertiary/aromatic N) is 3. The fourth-order valence-corrected chi connectivity index (χ4v) is 2.64. The van der Waals surface area contributed by atoms with Gasteiger partial charge in [-0.3, -0.25) is 9.69 Å². The second kappa shape index (κ2) is 4.96. The third-order valence-electron chi connectivity index (χ3n) is 3.86. The fraction of sp³-hybridized carbons (Fsp3) is 0.333. The lowest BCUT2D eigenvalue weighted by atomic mass is 10.1. The van der Waals surface area contributed by atoms with Gasteiger partial charge in [0.15, 0.2) is 5.69 Å². The Morgan fingerprint density at radius 3 is 2.81 bits per heavy atom. The van der Waals surface area contributed by atoms with Gasteiger partial charge in [-0.25, -0.2) is 9.37 Å². The number of amides is 1. The van der Waals surface area contributed by atoms with Crippen molar-refractivity contribution in [3.63, 3.8) is 0 Å². The fourth-order valence-electron chi connectivity index (χ4n) is 2.64. The number of hydrogen-bond acceptors (Lipinski definition) is 3. The van der Waals surface area contributed by atoms with E-state index in [1.165, 1.54) is 6.07 Å². The molecular formula is C15H17FN4O. The first-order valence-corrected chi connectivity index (χ1v) is 6.81. The molecule has 2 aromatic rings. The minimum Gasteiger partial charge on any atom is -0.364 e. The lowest BCUT2D eigenvalue weighted by Crippen LogP contribution is -2.31. The predicted octanol–water partition coefficient (Wildman–Crippen LogP) is 1.54. The smallest absolute Gasteiger partial charge is 0.269 e. The number of likely N-dealkylation sites (N-methyl/N-ethyl adjacent to an activating group) is 1. The minimum atomic E-state index is -0.548. The molecular weight excluding hydrogens is 271 g/mol. The van der Waals surface area contributed by atoms with Crippen LogP contribution < -0.4 is 5.73 Å². The quantitative estimate of drug-likeness (QED) is 0.911. The van der Waals surface area contributed by atoms with Crippen LogP contribution in [0.25, 0.3) is 11.4 Å². The number of benzene rings is 1. The maximum Gasteiger partial charge on any atom is 0.269 e. The molecule has 1 aliphatic rings. The zero-order chi connectivity index (χ0) is 15.1. The van der Waals surface area contributed by atoms with Crippen molar-refractivity contribution in [3.8, 4) is 11.4 Å². The highest BCUT2D eigenvalue weighted by molar-refractivity contribution is 5.93. The summed E-state index contributed by atoms with van der Waals surface area (Å²) in [6.45, 7) is 3.88. The molecule has 0 atom stereocenters. The molecule has 3 rings (SSSR count). The van der Waals surface area contributed by atoms with Gasteiger partial charge < -0.3 is 10.3 Å². The second-order valence-corrected chi connectivity index (χ2v) is 5.45. The molecule has 0 unspecified atom stereocenters. The summed E-state index contributed by atoms with van der Waals surface area (Å²) >= 11 is 0. The second-order valence-electron chi connectivity index (χ2n) is 5.45. The molecule has 5 nitrogen and oxygen atoms in total. The molecule has 1 aromatic heterocycles. The van der Waals surface area contributed by atoms with Gasteiger partial charge in [-0.2, -0.15) is 0 Å². The Morgan fingerprint density at radius 1 is 1.38 bits per heavy atom. The van der Waals surface area contributed by atoms with Crippen LogP contribution in [-0.4, -0.2) is 34.0 Å². The van der Waals surface area contributed by atoms with Crippen molar-refractivity contribution in [2.75, 3.05) is 13.6 Å². The molecule has 1 aromatic carbocycles.